The topological polar surface area (TPSA) is 29.5 Å². The summed E-state index contributed by atoms with van der Waals surface area (Å²) in [6.45, 7) is 2.90. The molecule has 0 amide bonds. The summed E-state index contributed by atoms with van der Waals surface area (Å²) >= 11 is 8.25. The van der Waals surface area contributed by atoms with Crippen molar-refractivity contribution in [1.29, 1.82) is 0 Å². The van der Waals surface area contributed by atoms with Crippen LogP contribution >= 0.6 is 43.2 Å². The lowest BCUT2D eigenvalue weighted by atomic mass is 10.3. The van der Waals surface area contributed by atoms with Gasteiger partial charge in [0.05, 0.1) is 10.4 Å². The van der Waals surface area contributed by atoms with E-state index in [1.807, 2.05) is 13.0 Å². The molecule has 13 heavy (non-hydrogen) atoms. The van der Waals surface area contributed by atoms with E-state index in [9.17, 15) is 5.11 Å². The number of halogens is 2. The molecule has 1 aromatic rings. The van der Waals surface area contributed by atoms with Crippen LogP contribution < -0.4 is 0 Å². The van der Waals surface area contributed by atoms with E-state index in [-0.39, 0.29) is 0 Å². The third-order valence-corrected chi connectivity index (χ3v) is 4.83. The zero-order valence-electron chi connectivity index (χ0n) is 7.09. The average Bonchev–Trinajstić information content (AvgIpc) is 2.43. The van der Waals surface area contributed by atoms with Gasteiger partial charge < -0.3 is 9.84 Å². The Bertz CT molecular complexity index is 256. The summed E-state index contributed by atoms with van der Waals surface area (Å²) in [4.78, 5) is 0.909. The van der Waals surface area contributed by atoms with Crippen molar-refractivity contribution in [2.45, 2.75) is 13.0 Å². The summed E-state index contributed by atoms with van der Waals surface area (Å²) in [5.74, 6) is 0. The summed E-state index contributed by atoms with van der Waals surface area (Å²) in [7, 11) is 0. The normalized spacial score (nSPS) is 13.2. The smallest absolute Gasteiger partial charge is 0.111 e. The largest absolute Gasteiger partial charge is 0.385 e. The number of thiophene rings is 1. The Kier molecular flexibility index (Phi) is 4.89. The van der Waals surface area contributed by atoms with Crippen molar-refractivity contribution in [2.75, 3.05) is 13.2 Å². The van der Waals surface area contributed by atoms with Gasteiger partial charge in [-0.25, -0.2) is 0 Å². The van der Waals surface area contributed by atoms with Gasteiger partial charge in [-0.2, -0.15) is 0 Å². The molecular formula is C8H10Br2O2S. The number of rotatable bonds is 4. The van der Waals surface area contributed by atoms with Crippen LogP contribution in [0.5, 0.6) is 0 Å². The third-order valence-electron chi connectivity index (χ3n) is 1.47. The number of hydrogen-bond acceptors (Lipinski definition) is 3. The Hall–Kier alpha value is 0.580. The van der Waals surface area contributed by atoms with E-state index in [0.717, 1.165) is 13.1 Å². The molecule has 1 unspecified atom stereocenters. The quantitative estimate of drug-likeness (QED) is 0.918. The molecule has 1 aromatic heterocycles. The van der Waals surface area contributed by atoms with Crippen molar-refractivity contribution in [3.05, 3.63) is 19.2 Å². The maximum absolute atomic E-state index is 9.63. The van der Waals surface area contributed by atoms with Gasteiger partial charge in [0, 0.05) is 16.0 Å². The molecule has 1 atom stereocenters. The molecule has 0 aromatic carbocycles. The fraction of sp³-hybridized carbons (Fsp3) is 0.500. The summed E-state index contributed by atoms with van der Waals surface area (Å²) in [6.07, 6.45) is -0.521. The van der Waals surface area contributed by atoms with E-state index in [1.54, 1.807) is 0 Å². The van der Waals surface area contributed by atoms with Crippen LogP contribution in [0.3, 0.4) is 0 Å². The maximum Gasteiger partial charge on any atom is 0.111 e. The molecule has 74 valence electrons. The number of aliphatic hydroxyl groups excluding tert-OH is 1. The van der Waals surface area contributed by atoms with Crippen LogP contribution in [0.25, 0.3) is 0 Å². The van der Waals surface area contributed by atoms with Crippen molar-refractivity contribution in [1.82, 2.24) is 0 Å². The standard InChI is InChI=1S/C8H10Br2O2S/c1-2-12-4-6(11)7-3-5(9)8(10)13-7/h3,6,11H,2,4H2,1H3. The molecule has 1 N–H and O–H groups in total. The fourth-order valence-corrected chi connectivity index (χ4v) is 2.90. The summed E-state index contributed by atoms with van der Waals surface area (Å²) in [5, 5.41) is 9.63. The minimum absolute atomic E-state index is 0.357. The monoisotopic (exact) mass is 328 g/mol. The average molecular weight is 330 g/mol. The van der Waals surface area contributed by atoms with Crippen LogP contribution in [0.2, 0.25) is 0 Å². The Morgan fingerprint density at radius 3 is 2.77 bits per heavy atom. The van der Waals surface area contributed by atoms with Crippen LogP contribution in [0.4, 0.5) is 0 Å². The van der Waals surface area contributed by atoms with Crippen molar-refractivity contribution in [3.8, 4) is 0 Å². The van der Waals surface area contributed by atoms with E-state index in [1.165, 1.54) is 11.3 Å². The molecule has 0 fully saturated rings. The van der Waals surface area contributed by atoms with Gasteiger partial charge in [0.25, 0.3) is 0 Å². The summed E-state index contributed by atoms with van der Waals surface area (Å²) in [5.41, 5.74) is 0. The van der Waals surface area contributed by atoms with Crippen molar-refractivity contribution >= 4 is 43.2 Å². The molecule has 0 saturated heterocycles. The van der Waals surface area contributed by atoms with E-state index in [4.69, 9.17) is 4.74 Å². The lowest BCUT2D eigenvalue weighted by Gasteiger charge is -2.06. The molecule has 0 aliphatic carbocycles. The van der Waals surface area contributed by atoms with Crippen LogP contribution in [0.15, 0.2) is 14.3 Å². The predicted molar refractivity (Wildman–Crippen MR) is 61.2 cm³/mol. The minimum atomic E-state index is -0.521. The van der Waals surface area contributed by atoms with Gasteiger partial charge in [-0.3, -0.25) is 0 Å². The molecule has 0 aliphatic rings. The second-order valence-electron chi connectivity index (χ2n) is 2.45. The van der Waals surface area contributed by atoms with Crippen molar-refractivity contribution < 1.29 is 9.84 Å². The highest BCUT2D eigenvalue weighted by Crippen LogP contribution is 2.35. The second kappa shape index (κ2) is 5.46. The molecule has 0 bridgehead atoms. The molecule has 5 heteroatoms. The minimum Gasteiger partial charge on any atom is -0.385 e. The molecular weight excluding hydrogens is 320 g/mol. The first-order valence-electron chi connectivity index (χ1n) is 3.85. The highest BCUT2D eigenvalue weighted by atomic mass is 79.9. The van der Waals surface area contributed by atoms with Gasteiger partial charge >= 0.3 is 0 Å². The molecule has 1 heterocycles. The molecule has 0 spiro atoms. The first-order chi connectivity index (χ1) is 6.15. The van der Waals surface area contributed by atoms with Gasteiger partial charge in [-0.1, -0.05) is 0 Å². The first-order valence-corrected chi connectivity index (χ1v) is 6.26. The van der Waals surface area contributed by atoms with Gasteiger partial charge in [-0.05, 0) is 44.8 Å². The maximum atomic E-state index is 9.63. The molecule has 0 radical (unpaired) electrons. The Balaban J connectivity index is 2.60. The number of hydrogen-bond donors (Lipinski definition) is 1. The number of aliphatic hydroxyl groups is 1. The Morgan fingerprint density at radius 1 is 1.62 bits per heavy atom. The van der Waals surface area contributed by atoms with E-state index >= 15 is 0 Å². The SMILES string of the molecule is CCOCC(O)c1cc(Br)c(Br)s1. The van der Waals surface area contributed by atoms with E-state index in [0.29, 0.717) is 13.2 Å². The lowest BCUT2D eigenvalue weighted by molar-refractivity contribution is 0.0439. The Morgan fingerprint density at radius 2 is 2.31 bits per heavy atom. The van der Waals surface area contributed by atoms with Crippen LogP contribution in [-0.4, -0.2) is 18.3 Å². The highest BCUT2D eigenvalue weighted by Gasteiger charge is 2.12. The van der Waals surface area contributed by atoms with Crippen LogP contribution in [-0.2, 0) is 4.74 Å². The van der Waals surface area contributed by atoms with E-state index in [2.05, 4.69) is 31.9 Å². The molecule has 0 saturated carbocycles. The highest BCUT2D eigenvalue weighted by molar-refractivity contribution is 9.13. The van der Waals surface area contributed by atoms with Crippen molar-refractivity contribution in [2.24, 2.45) is 0 Å². The second-order valence-corrected chi connectivity index (χ2v) is 5.70. The molecule has 2 nitrogen and oxygen atoms in total. The lowest BCUT2D eigenvalue weighted by Crippen LogP contribution is -2.04. The third kappa shape index (κ3) is 3.32. The van der Waals surface area contributed by atoms with Gasteiger partial charge in [0.15, 0.2) is 0 Å². The first kappa shape index (κ1) is 11.7. The van der Waals surface area contributed by atoms with Gasteiger partial charge in [0.1, 0.15) is 6.10 Å². The van der Waals surface area contributed by atoms with Gasteiger partial charge in [0.2, 0.25) is 0 Å². The van der Waals surface area contributed by atoms with Crippen LogP contribution in [0.1, 0.15) is 17.9 Å². The summed E-state index contributed by atoms with van der Waals surface area (Å²) in [6, 6.07) is 1.90. The zero-order valence-corrected chi connectivity index (χ0v) is 11.1. The predicted octanol–water partition coefficient (Wildman–Crippen LogP) is 3.34. The molecule has 0 aliphatic heterocycles. The number of ether oxygens (including phenoxy) is 1. The van der Waals surface area contributed by atoms with E-state index < -0.39 is 6.10 Å². The van der Waals surface area contributed by atoms with Crippen molar-refractivity contribution in [3.63, 3.8) is 0 Å². The Labute approximate surface area is 98.2 Å². The zero-order chi connectivity index (χ0) is 9.84. The van der Waals surface area contributed by atoms with Crippen LogP contribution in [0, 0.1) is 0 Å². The van der Waals surface area contributed by atoms with Gasteiger partial charge in [-0.15, -0.1) is 11.3 Å². The molecule has 1 rings (SSSR count). The fourth-order valence-electron chi connectivity index (χ4n) is 0.839. The summed E-state index contributed by atoms with van der Waals surface area (Å²) < 4.78 is 7.10.